The van der Waals surface area contributed by atoms with E-state index in [0.29, 0.717) is 41.5 Å². The van der Waals surface area contributed by atoms with E-state index in [9.17, 15) is 9.59 Å². The summed E-state index contributed by atoms with van der Waals surface area (Å²) < 4.78 is 12.7. The van der Waals surface area contributed by atoms with Gasteiger partial charge in [-0.2, -0.15) is 0 Å². The Morgan fingerprint density at radius 1 is 0.815 bits per heavy atom. The Morgan fingerprint density at radius 2 is 1.52 bits per heavy atom. The van der Waals surface area contributed by atoms with Crippen LogP contribution < -0.4 is 20.3 Å². The zero-order valence-corrected chi connectivity index (χ0v) is 14.3. The number of para-hydroxylation sites is 1. The van der Waals surface area contributed by atoms with Gasteiger partial charge in [0, 0.05) is 18.0 Å². The average molecular weight is 363 g/mol. The maximum absolute atomic E-state index is 12.5. The number of aromatic nitrogens is 1. The standard InChI is InChI=1S/C20H17N3O4/c24-19(14-7-8-17-18(13-14)27-12-11-26-17)21-22-20(25)15-5-1-2-6-16(15)23-9-3-4-10-23/h1-10,13H,11-12H2,(H,21,24)(H,22,25). The maximum Gasteiger partial charge on any atom is 0.271 e. The molecule has 2 N–H and O–H groups in total. The van der Waals surface area contributed by atoms with Gasteiger partial charge in [-0.3, -0.25) is 20.4 Å². The van der Waals surface area contributed by atoms with E-state index < -0.39 is 11.8 Å². The summed E-state index contributed by atoms with van der Waals surface area (Å²) in [5, 5.41) is 0. The van der Waals surface area contributed by atoms with Gasteiger partial charge >= 0.3 is 0 Å². The third-order valence-corrected chi connectivity index (χ3v) is 4.13. The molecule has 2 amide bonds. The Labute approximate surface area is 155 Å². The van der Waals surface area contributed by atoms with E-state index in [1.54, 1.807) is 30.3 Å². The normalized spacial score (nSPS) is 12.3. The number of hydrogen-bond donors (Lipinski definition) is 2. The minimum atomic E-state index is -0.446. The zero-order chi connectivity index (χ0) is 18.6. The first-order valence-electron chi connectivity index (χ1n) is 8.45. The highest BCUT2D eigenvalue weighted by molar-refractivity contribution is 6.01. The molecule has 0 spiro atoms. The second-order valence-corrected chi connectivity index (χ2v) is 5.87. The summed E-state index contributed by atoms with van der Waals surface area (Å²) in [7, 11) is 0. The number of nitrogens with zero attached hydrogens (tertiary/aromatic N) is 1. The number of benzene rings is 2. The zero-order valence-electron chi connectivity index (χ0n) is 14.3. The quantitative estimate of drug-likeness (QED) is 0.700. The molecule has 0 unspecified atom stereocenters. The first-order chi connectivity index (χ1) is 13.2. The van der Waals surface area contributed by atoms with Gasteiger partial charge in [-0.15, -0.1) is 0 Å². The van der Waals surface area contributed by atoms with E-state index >= 15 is 0 Å². The number of rotatable bonds is 3. The van der Waals surface area contributed by atoms with E-state index in [4.69, 9.17) is 9.47 Å². The summed E-state index contributed by atoms with van der Waals surface area (Å²) in [6.45, 7) is 0.917. The van der Waals surface area contributed by atoms with Gasteiger partial charge in [-0.05, 0) is 42.5 Å². The van der Waals surface area contributed by atoms with E-state index in [2.05, 4.69) is 10.9 Å². The number of carbonyl (C=O) groups is 2. The van der Waals surface area contributed by atoms with Crippen molar-refractivity contribution in [2.24, 2.45) is 0 Å². The summed E-state index contributed by atoms with van der Waals surface area (Å²) in [6.07, 6.45) is 3.69. The average Bonchev–Trinajstić information content (AvgIpc) is 3.26. The molecular weight excluding hydrogens is 346 g/mol. The van der Waals surface area contributed by atoms with Crippen molar-refractivity contribution in [1.82, 2.24) is 15.4 Å². The maximum atomic E-state index is 12.5. The van der Waals surface area contributed by atoms with Gasteiger partial charge in [0.1, 0.15) is 13.2 Å². The number of amides is 2. The van der Waals surface area contributed by atoms with Crippen LogP contribution in [0.4, 0.5) is 0 Å². The first-order valence-corrected chi connectivity index (χ1v) is 8.45. The molecule has 1 aliphatic rings. The van der Waals surface area contributed by atoms with Crippen LogP contribution in [-0.4, -0.2) is 29.6 Å². The molecule has 0 atom stereocenters. The summed E-state index contributed by atoms with van der Waals surface area (Å²) in [5.41, 5.74) is 6.40. The van der Waals surface area contributed by atoms with Crippen LogP contribution in [0.2, 0.25) is 0 Å². The number of ether oxygens (including phenoxy) is 2. The van der Waals surface area contributed by atoms with Crippen LogP contribution in [0, 0.1) is 0 Å². The fraction of sp³-hybridized carbons (Fsp3) is 0.100. The molecule has 1 aromatic heterocycles. The Kier molecular flexibility index (Phi) is 4.49. The molecule has 0 saturated heterocycles. The summed E-state index contributed by atoms with van der Waals surface area (Å²) >= 11 is 0. The molecule has 0 radical (unpaired) electrons. The molecule has 2 heterocycles. The molecule has 0 fully saturated rings. The SMILES string of the molecule is O=C(NNC(=O)c1ccccc1-n1cccc1)c1ccc2c(c1)OCCO2. The van der Waals surface area contributed by atoms with Crippen molar-refractivity contribution in [3.63, 3.8) is 0 Å². The van der Waals surface area contributed by atoms with Crippen molar-refractivity contribution in [3.05, 3.63) is 78.1 Å². The Balaban J connectivity index is 1.46. The molecule has 0 saturated carbocycles. The number of nitrogens with one attached hydrogen (secondary N) is 2. The molecule has 136 valence electrons. The van der Waals surface area contributed by atoms with Gasteiger partial charge in [0.25, 0.3) is 11.8 Å². The van der Waals surface area contributed by atoms with Gasteiger partial charge in [0.05, 0.1) is 11.3 Å². The van der Waals surface area contributed by atoms with Crippen molar-refractivity contribution >= 4 is 11.8 Å². The number of fused-ring (bicyclic) bond motifs is 1. The fourth-order valence-corrected chi connectivity index (χ4v) is 2.82. The lowest BCUT2D eigenvalue weighted by atomic mass is 10.1. The van der Waals surface area contributed by atoms with E-state index in [0.717, 1.165) is 0 Å². The van der Waals surface area contributed by atoms with Crippen LogP contribution in [0.15, 0.2) is 67.0 Å². The lowest BCUT2D eigenvalue weighted by Gasteiger charge is -2.18. The molecule has 4 rings (SSSR count). The Morgan fingerprint density at radius 3 is 2.33 bits per heavy atom. The summed E-state index contributed by atoms with van der Waals surface area (Å²) in [6, 6.07) is 15.8. The second-order valence-electron chi connectivity index (χ2n) is 5.87. The second kappa shape index (κ2) is 7.25. The highest BCUT2D eigenvalue weighted by Gasteiger charge is 2.16. The summed E-state index contributed by atoms with van der Waals surface area (Å²) in [5.74, 6) is 0.254. The smallest absolute Gasteiger partial charge is 0.271 e. The van der Waals surface area contributed by atoms with Crippen molar-refractivity contribution in [3.8, 4) is 17.2 Å². The predicted molar refractivity (Wildman–Crippen MR) is 98.1 cm³/mol. The summed E-state index contributed by atoms with van der Waals surface area (Å²) in [4.78, 5) is 24.9. The molecule has 7 nitrogen and oxygen atoms in total. The van der Waals surface area contributed by atoms with Gasteiger partial charge in [-0.1, -0.05) is 12.1 Å². The van der Waals surface area contributed by atoms with Crippen LogP contribution in [0.25, 0.3) is 5.69 Å². The van der Waals surface area contributed by atoms with Crippen LogP contribution in [0.1, 0.15) is 20.7 Å². The van der Waals surface area contributed by atoms with E-state index in [1.807, 2.05) is 41.2 Å². The topological polar surface area (TPSA) is 81.6 Å². The molecule has 3 aromatic rings. The third-order valence-electron chi connectivity index (χ3n) is 4.13. The van der Waals surface area contributed by atoms with Gasteiger partial charge < -0.3 is 14.0 Å². The molecule has 7 heteroatoms. The molecule has 0 aliphatic carbocycles. The minimum absolute atomic E-state index is 0.359. The molecule has 27 heavy (non-hydrogen) atoms. The van der Waals surface area contributed by atoms with Crippen molar-refractivity contribution in [2.45, 2.75) is 0 Å². The predicted octanol–water partition coefficient (Wildman–Crippen LogP) is 2.32. The monoisotopic (exact) mass is 363 g/mol. The van der Waals surface area contributed by atoms with Crippen LogP contribution >= 0.6 is 0 Å². The van der Waals surface area contributed by atoms with Crippen molar-refractivity contribution < 1.29 is 19.1 Å². The molecule has 1 aliphatic heterocycles. The first kappa shape index (κ1) is 16.7. The van der Waals surface area contributed by atoms with Gasteiger partial charge in [-0.25, -0.2) is 0 Å². The lowest BCUT2D eigenvalue weighted by molar-refractivity contribution is 0.0846. The van der Waals surface area contributed by atoms with Crippen molar-refractivity contribution in [1.29, 1.82) is 0 Å². The number of carbonyl (C=O) groups excluding carboxylic acids is 2. The number of hydrogen-bond acceptors (Lipinski definition) is 4. The molecule has 2 aromatic carbocycles. The molecular formula is C20H17N3O4. The fourth-order valence-electron chi connectivity index (χ4n) is 2.82. The Hall–Kier alpha value is -3.74. The van der Waals surface area contributed by atoms with Crippen LogP contribution in [-0.2, 0) is 0 Å². The lowest BCUT2D eigenvalue weighted by Crippen LogP contribution is -2.42. The number of hydrazine groups is 1. The molecule has 0 bridgehead atoms. The largest absolute Gasteiger partial charge is 0.486 e. The highest BCUT2D eigenvalue weighted by Crippen LogP contribution is 2.30. The van der Waals surface area contributed by atoms with E-state index in [-0.39, 0.29) is 0 Å². The van der Waals surface area contributed by atoms with Gasteiger partial charge in [0.15, 0.2) is 11.5 Å². The third kappa shape index (κ3) is 3.48. The van der Waals surface area contributed by atoms with Gasteiger partial charge in [0.2, 0.25) is 0 Å². The van der Waals surface area contributed by atoms with E-state index in [1.165, 1.54) is 0 Å². The van der Waals surface area contributed by atoms with Crippen LogP contribution in [0.3, 0.4) is 0 Å². The highest BCUT2D eigenvalue weighted by atomic mass is 16.6. The van der Waals surface area contributed by atoms with Crippen LogP contribution in [0.5, 0.6) is 11.5 Å². The Bertz CT molecular complexity index is 983. The minimum Gasteiger partial charge on any atom is -0.486 e. The van der Waals surface area contributed by atoms with Crippen molar-refractivity contribution in [2.75, 3.05) is 13.2 Å².